The molecular weight excluding hydrogens is 1860 g/mol. The third kappa shape index (κ3) is 23.2. The zero-order valence-corrected chi connectivity index (χ0v) is 85.5. The fourth-order valence-corrected chi connectivity index (χ4v) is 22.6. The number of hydrogen-bond acceptors (Lipinski definition) is 25. The Bertz CT molecular complexity index is 5280. The van der Waals surface area contributed by atoms with Gasteiger partial charge in [0.1, 0.15) is 70.1 Å². The molecule has 3 aromatic carbocycles. The van der Waals surface area contributed by atoms with Crippen LogP contribution >= 0.6 is 0 Å². The second-order valence-corrected chi connectivity index (χ2v) is 42.3. The van der Waals surface area contributed by atoms with Crippen molar-refractivity contribution in [3.8, 4) is 34.9 Å². The molecule has 9 heterocycles. The number of amides is 3. The van der Waals surface area contributed by atoms with Gasteiger partial charge in [-0.05, 0) is 221 Å². The van der Waals surface area contributed by atoms with Crippen molar-refractivity contribution < 1.29 is 155 Å². The van der Waals surface area contributed by atoms with Crippen molar-refractivity contribution in [3.05, 3.63) is 71.7 Å². The van der Waals surface area contributed by atoms with E-state index in [0.29, 0.717) is 123 Å². The molecule has 136 heavy (non-hydrogen) atoms. The van der Waals surface area contributed by atoms with Crippen LogP contribution in [0.25, 0.3) is 33.1 Å². The predicted molar refractivity (Wildman–Crippen MR) is 490 cm³/mol. The van der Waals surface area contributed by atoms with E-state index in [1.54, 1.807) is 53.4 Å². The fourth-order valence-electron chi connectivity index (χ4n) is 22.6. The average Bonchev–Trinajstić information content (AvgIpc) is 1.60. The van der Waals surface area contributed by atoms with Gasteiger partial charge in [-0.2, -0.15) is 0 Å². The number of esters is 3. The van der Waals surface area contributed by atoms with E-state index in [0.717, 1.165) is 120 Å². The van der Waals surface area contributed by atoms with Crippen LogP contribution < -0.4 is 28.4 Å². The van der Waals surface area contributed by atoms with Gasteiger partial charge in [-0.25, -0.2) is 57.5 Å². The minimum atomic E-state index is -2.22. The standard InChI is InChI=1S/C36H47FN3O6.C35H45FN3O6.C32H42N3O7.3V/c1-6-36(37)29(20-41)40-19-30(36)45-33-27(38-26-15-14-23(44-5)17-28(26)39-33)11-9-7-8-10-24-21-12-13-22(16-21)32(24)46-31(42)18-25(34(40)43)35(2,3)4;1-6-35(36)29(19-40)39-18-30(35)45-32-26(37-25-13-12-21(43-5)16-27(25)38-32)11-9-7-8-10-22-23-14-20(23)15-28(22)44-31(41)17-24(33(39)42)34(2,3)4;1-32(2,3)21-16-28(37)41-26-14-19(26)10-8-6-7-9-11-23-30(34-24-15-20(39-4)12-13-22(24)33-23)42-27-17-35(31(21)38)25(18-36)29(27)40-5;;;/h14-15,17,21-22,24-25,29-30,32H,6-13,16,18-19H2,1-5H3;12-13,16,20,22-24,28-30H,6-11,14-15,17-18H2,1-5H3;12-13,15,19,21,25-27,29H,6-11,14,16-17H2,1-5H3;;;/q3*-1;;;/t21-,22+,24-,25-,29-,30+,32-,36-;20?,22-,23?,24-,28-,29-,30+,35-;19-,21-,25-,26-,27+,29+;;;/m111.../s1. The van der Waals surface area contributed by atoms with Gasteiger partial charge < -0.3 is 76.5 Å². The maximum atomic E-state index is 17.0. The van der Waals surface area contributed by atoms with Crippen molar-refractivity contribution in [2.75, 3.05) is 48.1 Å². The zero-order valence-electron chi connectivity index (χ0n) is 81.3. The van der Waals surface area contributed by atoms with Gasteiger partial charge in [0.05, 0.1) is 117 Å². The summed E-state index contributed by atoms with van der Waals surface area (Å²) in [6.07, 6.45) is 21.8. The number of rotatable bonds is 9. The Morgan fingerprint density at radius 3 is 1.22 bits per heavy atom. The Kier molecular flexibility index (Phi) is 35.2. The van der Waals surface area contributed by atoms with Crippen LogP contribution in [0.5, 0.6) is 34.9 Å². The molecule has 17 rings (SSSR count). The van der Waals surface area contributed by atoms with Crippen LogP contribution in [0.15, 0.2) is 54.6 Å². The third-order valence-electron chi connectivity index (χ3n) is 30.8. The number of alkyl halides is 2. The maximum Gasteiger partial charge on any atom is 0.306 e. The molecule has 22 atom stereocenters. The topological polar surface area (TPSA) is 333 Å². The van der Waals surface area contributed by atoms with Crippen LogP contribution in [-0.2, 0) is 137 Å². The SMILES string of the molecule is CC[C@]1(F)[C@@H]2CN(C(=O)[C@H](C(C)(C)C)CC(=O)O[C@@H]3CC4CC4[C@H]3CCCCCc3nc4ccc(OC)cc4nc3O2)[C@@H]1[C-]=O.CC[C@]1(F)[C@@H]2CN(C(=O)[C@H](C(C)(C)C)CC(=O)O[C@@H]3[C@H]4CC[C@H](C4)[C@H]3CCCCCc3nc4ccc(OC)cc4nc3O2)[C@@H]1[C-]=O.COc1ccc2nc3c(nc2c1)O[C@H]1CN(C(=O)[C@H](C(C)(C)C)CC(=O)O[C@@H]2C[C@H]2CCCCCC3)[C@H]([C-]=O)[C@@H]1OC.[V].[V].[V]. The van der Waals surface area contributed by atoms with Gasteiger partial charge in [0, 0.05) is 81.0 Å². The van der Waals surface area contributed by atoms with E-state index in [2.05, 4.69) is 0 Å². The van der Waals surface area contributed by atoms with E-state index in [1.165, 1.54) is 34.7 Å². The number of methoxy groups -OCH3 is 4. The van der Waals surface area contributed by atoms with Gasteiger partial charge in [-0.3, -0.25) is 28.8 Å². The van der Waals surface area contributed by atoms with Crippen LogP contribution in [0.2, 0.25) is 0 Å². The Morgan fingerprint density at radius 1 is 0.397 bits per heavy atom. The number of halogens is 2. The zero-order chi connectivity index (χ0) is 94.9. The molecule has 5 aliphatic carbocycles. The van der Waals surface area contributed by atoms with E-state index in [9.17, 15) is 43.2 Å². The van der Waals surface area contributed by atoms with Crippen LogP contribution in [0.1, 0.15) is 247 Å². The number of ether oxygens (including phenoxy) is 10. The summed E-state index contributed by atoms with van der Waals surface area (Å²) < 4.78 is 93.1. The summed E-state index contributed by atoms with van der Waals surface area (Å²) in [5.74, 6) is 1.03. The van der Waals surface area contributed by atoms with Gasteiger partial charge >= 0.3 is 17.9 Å². The molecule has 8 fully saturated rings. The summed E-state index contributed by atoms with van der Waals surface area (Å²) in [5.41, 5.74) is -0.548. The molecule has 11 aliphatic rings. The molecule has 0 N–H and O–H groups in total. The van der Waals surface area contributed by atoms with Crippen LogP contribution in [0.4, 0.5) is 8.78 Å². The van der Waals surface area contributed by atoms with Crippen molar-refractivity contribution in [3.63, 3.8) is 0 Å². The maximum absolute atomic E-state index is 17.0. The van der Waals surface area contributed by atoms with Crippen LogP contribution in [-0.4, -0.2) is 219 Å². The summed E-state index contributed by atoms with van der Waals surface area (Å²) in [6.45, 7) is 20.0. The van der Waals surface area contributed by atoms with E-state index in [4.69, 9.17) is 77.3 Å². The van der Waals surface area contributed by atoms with E-state index < -0.39 is 112 Å². The van der Waals surface area contributed by atoms with Gasteiger partial charge in [-0.1, -0.05) is 121 Å². The van der Waals surface area contributed by atoms with E-state index >= 15 is 8.78 Å². The molecule has 3 saturated heterocycles. The second kappa shape index (κ2) is 44.8. The Balaban J connectivity index is 0.000000182. The van der Waals surface area contributed by atoms with Crippen LogP contribution in [0.3, 0.4) is 0 Å². The first-order valence-corrected chi connectivity index (χ1v) is 48.6. The minimum Gasteiger partial charge on any atom is -0.540 e. The quantitative estimate of drug-likeness (QED) is 0.0737. The monoisotopic (exact) mass is 1990 g/mol. The number of nitrogens with zero attached hydrogens (tertiary/aromatic N) is 9. The molecule has 3 radical (unpaired) electrons. The van der Waals surface area contributed by atoms with Crippen molar-refractivity contribution in [2.45, 2.75) is 322 Å². The molecule has 5 saturated carbocycles. The third-order valence-corrected chi connectivity index (χ3v) is 30.8. The number of benzene rings is 3. The van der Waals surface area contributed by atoms with Crippen molar-refractivity contribution >= 4 is 87.6 Å². The minimum absolute atomic E-state index is 0. The second-order valence-electron chi connectivity index (χ2n) is 42.3. The molecule has 737 valence electrons. The summed E-state index contributed by atoms with van der Waals surface area (Å²) in [5, 5.41) is 0. The normalized spacial score (nSPS) is 31.8. The van der Waals surface area contributed by atoms with Gasteiger partial charge in [0.15, 0.2) is 12.2 Å². The first-order valence-electron chi connectivity index (χ1n) is 48.6. The number of aryl methyl sites for hydroxylation is 3. The van der Waals surface area contributed by atoms with Crippen LogP contribution in [0, 0.1) is 75.4 Å². The van der Waals surface area contributed by atoms with Crippen molar-refractivity contribution in [1.29, 1.82) is 0 Å². The molecule has 6 aromatic rings. The summed E-state index contributed by atoms with van der Waals surface area (Å²) >= 11 is 0. The van der Waals surface area contributed by atoms with E-state index in [1.807, 2.05) is 118 Å². The predicted octanol–water partition coefficient (Wildman–Crippen LogP) is 15.7. The molecule has 2 unspecified atom stereocenters. The molecular formula is C103H134F2N9O19V3-3. The first-order chi connectivity index (χ1) is 63.5. The molecule has 28 nitrogen and oxygen atoms in total. The molecule has 8 bridgehead atoms. The van der Waals surface area contributed by atoms with Crippen molar-refractivity contribution in [2.24, 2.45) is 75.4 Å². The molecule has 0 spiro atoms. The Labute approximate surface area is 833 Å². The molecule has 33 heteroatoms. The molecule has 3 aromatic heterocycles. The summed E-state index contributed by atoms with van der Waals surface area (Å²) in [6, 6.07) is 12.4. The Hall–Kier alpha value is -8.12. The smallest absolute Gasteiger partial charge is 0.306 e. The molecule has 3 amide bonds. The van der Waals surface area contributed by atoms with E-state index in [-0.39, 0.29) is 149 Å². The van der Waals surface area contributed by atoms with Gasteiger partial charge in [-0.15, -0.1) is 0 Å². The summed E-state index contributed by atoms with van der Waals surface area (Å²) in [4.78, 5) is 152. The fraction of sp³-hybridized carbons (Fsp3) is 0.680. The largest absolute Gasteiger partial charge is 0.540 e. The van der Waals surface area contributed by atoms with Gasteiger partial charge in [0.2, 0.25) is 35.4 Å². The molecule has 6 aliphatic heterocycles. The van der Waals surface area contributed by atoms with Crippen molar-refractivity contribution in [1.82, 2.24) is 44.6 Å². The Morgan fingerprint density at radius 2 is 0.794 bits per heavy atom. The number of aromatic nitrogens is 6. The summed E-state index contributed by atoms with van der Waals surface area (Å²) in [7, 11) is 6.22. The number of fused-ring (bicyclic) bond motifs is 21. The van der Waals surface area contributed by atoms with Gasteiger partial charge in [0.25, 0.3) is 0 Å². The number of hydrogen-bond donors (Lipinski definition) is 0. The average molecular weight is 1990 g/mol. The number of carbonyl (C=O) groups excluding carboxylic acids is 9. The first kappa shape index (κ1) is 107. The number of carbonyl (C=O) groups is 6.